The summed E-state index contributed by atoms with van der Waals surface area (Å²) in [7, 11) is 0. The lowest BCUT2D eigenvalue weighted by atomic mass is 9.95. The summed E-state index contributed by atoms with van der Waals surface area (Å²) in [5.74, 6) is -0.522. The molecule has 0 saturated carbocycles. The predicted molar refractivity (Wildman–Crippen MR) is 102 cm³/mol. The van der Waals surface area contributed by atoms with Gasteiger partial charge in [0.15, 0.2) is 0 Å². The average Bonchev–Trinajstić information content (AvgIpc) is 3.11. The molecule has 4 rings (SSSR count). The average molecular weight is 353 g/mol. The van der Waals surface area contributed by atoms with Crippen molar-refractivity contribution in [1.82, 2.24) is 5.32 Å². The van der Waals surface area contributed by atoms with Crippen molar-refractivity contribution in [2.24, 2.45) is 0 Å². The lowest BCUT2D eigenvalue weighted by molar-refractivity contribution is 0.0966. The van der Waals surface area contributed by atoms with Gasteiger partial charge in [0, 0.05) is 12.1 Å². The zero-order chi connectivity index (χ0) is 18.8. The van der Waals surface area contributed by atoms with Gasteiger partial charge in [-0.2, -0.15) is 5.26 Å². The number of benzene rings is 3. The van der Waals surface area contributed by atoms with Gasteiger partial charge in [-0.1, -0.05) is 36.4 Å². The number of carbonyl (C=O) groups is 2. The lowest BCUT2D eigenvalue weighted by Crippen LogP contribution is -2.17. The van der Waals surface area contributed by atoms with E-state index < -0.39 is 0 Å². The molecular weight excluding hydrogens is 338 g/mol. The van der Waals surface area contributed by atoms with Crippen LogP contribution < -0.4 is 10.6 Å². The van der Waals surface area contributed by atoms with Gasteiger partial charge in [0.25, 0.3) is 11.8 Å². The Balaban J connectivity index is 1.70. The van der Waals surface area contributed by atoms with Crippen molar-refractivity contribution >= 4 is 17.5 Å². The first-order valence-electron chi connectivity index (χ1n) is 8.48. The van der Waals surface area contributed by atoms with E-state index in [4.69, 9.17) is 5.26 Å². The van der Waals surface area contributed by atoms with Gasteiger partial charge >= 0.3 is 0 Å². The summed E-state index contributed by atoms with van der Waals surface area (Å²) < 4.78 is 0. The highest BCUT2D eigenvalue weighted by Gasteiger charge is 2.26. The highest BCUT2D eigenvalue weighted by atomic mass is 16.2. The number of hydrogen-bond donors (Lipinski definition) is 2. The molecular formula is C22H15N3O2. The molecule has 27 heavy (non-hydrogen) atoms. The Morgan fingerprint density at radius 3 is 2.44 bits per heavy atom. The monoisotopic (exact) mass is 353 g/mol. The quantitative estimate of drug-likeness (QED) is 0.753. The first-order chi connectivity index (χ1) is 13.2. The minimum absolute atomic E-state index is 0.196. The maximum absolute atomic E-state index is 12.5. The fourth-order valence-corrected chi connectivity index (χ4v) is 3.23. The molecule has 0 unspecified atom stereocenters. The van der Waals surface area contributed by atoms with Crippen molar-refractivity contribution < 1.29 is 9.59 Å². The molecule has 2 amide bonds. The summed E-state index contributed by atoms with van der Waals surface area (Å²) in [6.07, 6.45) is 0. The van der Waals surface area contributed by atoms with E-state index >= 15 is 0 Å². The van der Waals surface area contributed by atoms with Crippen LogP contribution in [0.3, 0.4) is 0 Å². The van der Waals surface area contributed by atoms with Crippen LogP contribution in [0, 0.1) is 11.3 Å². The number of nitriles is 1. The fourth-order valence-electron chi connectivity index (χ4n) is 3.23. The summed E-state index contributed by atoms with van der Waals surface area (Å²) >= 11 is 0. The van der Waals surface area contributed by atoms with Gasteiger partial charge in [-0.3, -0.25) is 9.59 Å². The number of rotatable bonds is 3. The van der Waals surface area contributed by atoms with Crippen LogP contribution in [0.5, 0.6) is 0 Å². The molecule has 2 N–H and O–H groups in total. The third-order valence-electron chi connectivity index (χ3n) is 4.57. The molecule has 1 aliphatic rings. The molecule has 0 aromatic heterocycles. The number of amides is 2. The van der Waals surface area contributed by atoms with Crippen molar-refractivity contribution in [3.05, 3.63) is 89.0 Å². The van der Waals surface area contributed by atoms with Gasteiger partial charge in [0.1, 0.15) is 0 Å². The number of nitrogens with zero attached hydrogens (tertiary/aromatic N) is 1. The molecule has 0 fully saturated rings. The Hall–Kier alpha value is -3.91. The standard InChI is InChI=1S/C22H15N3O2/c23-12-14-6-8-16(9-7-14)21(26)25-19-11-10-17(15-4-2-1-3-5-15)18-13-24-22(27)20(18)19/h1-11H,13H2,(H,24,27)(H,25,26). The minimum Gasteiger partial charge on any atom is -0.348 e. The summed E-state index contributed by atoms with van der Waals surface area (Å²) in [6.45, 7) is 0.430. The lowest BCUT2D eigenvalue weighted by Gasteiger charge is -2.13. The first-order valence-corrected chi connectivity index (χ1v) is 8.48. The molecule has 130 valence electrons. The van der Waals surface area contributed by atoms with E-state index in [9.17, 15) is 9.59 Å². The van der Waals surface area contributed by atoms with Crippen LogP contribution in [0.25, 0.3) is 11.1 Å². The number of nitrogens with one attached hydrogen (secondary N) is 2. The Morgan fingerprint density at radius 1 is 1.00 bits per heavy atom. The third-order valence-corrected chi connectivity index (χ3v) is 4.57. The van der Waals surface area contributed by atoms with Crippen molar-refractivity contribution in [2.45, 2.75) is 6.54 Å². The number of carbonyl (C=O) groups excluding carboxylic acids is 2. The van der Waals surface area contributed by atoms with Crippen LogP contribution in [0.1, 0.15) is 31.8 Å². The summed E-state index contributed by atoms with van der Waals surface area (Å²) in [6, 6.07) is 21.9. The van der Waals surface area contributed by atoms with E-state index in [2.05, 4.69) is 10.6 Å². The van der Waals surface area contributed by atoms with E-state index in [0.717, 1.165) is 16.7 Å². The highest BCUT2D eigenvalue weighted by Crippen LogP contribution is 2.34. The van der Waals surface area contributed by atoms with Crippen LogP contribution in [-0.4, -0.2) is 11.8 Å². The van der Waals surface area contributed by atoms with Gasteiger partial charge in [-0.25, -0.2) is 0 Å². The first kappa shape index (κ1) is 16.6. The molecule has 0 saturated heterocycles. The number of hydrogen-bond acceptors (Lipinski definition) is 3. The summed E-state index contributed by atoms with van der Waals surface area (Å²) in [5.41, 5.74) is 4.76. The van der Waals surface area contributed by atoms with Crippen molar-refractivity contribution in [1.29, 1.82) is 5.26 Å². The van der Waals surface area contributed by atoms with Gasteiger partial charge in [-0.05, 0) is 47.0 Å². The summed E-state index contributed by atoms with van der Waals surface area (Å²) in [5, 5.41) is 14.5. The maximum Gasteiger partial charge on any atom is 0.255 e. The molecule has 0 atom stereocenters. The molecule has 1 heterocycles. The molecule has 5 heteroatoms. The fraction of sp³-hybridized carbons (Fsp3) is 0.0455. The number of fused-ring (bicyclic) bond motifs is 1. The van der Waals surface area contributed by atoms with E-state index in [-0.39, 0.29) is 11.8 Å². The molecule has 0 aliphatic carbocycles. The van der Waals surface area contributed by atoms with Crippen molar-refractivity contribution in [2.75, 3.05) is 5.32 Å². The minimum atomic E-state index is -0.325. The second kappa shape index (κ2) is 6.77. The Morgan fingerprint density at radius 2 is 1.74 bits per heavy atom. The molecule has 5 nitrogen and oxygen atoms in total. The molecule has 0 spiro atoms. The second-order valence-electron chi connectivity index (χ2n) is 6.21. The third kappa shape index (κ3) is 3.05. The van der Waals surface area contributed by atoms with Crippen LogP contribution in [0.15, 0.2) is 66.7 Å². The van der Waals surface area contributed by atoms with Crippen molar-refractivity contribution in [3.63, 3.8) is 0 Å². The highest BCUT2D eigenvalue weighted by molar-refractivity contribution is 6.11. The zero-order valence-electron chi connectivity index (χ0n) is 14.3. The maximum atomic E-state index is 12.5. The topological polar surface area (TPSA) is 82.0 Å². The Bertz CT molecular complexity index is 1080. The summed E-state index contributed by atoms with van der Waals surface area (Å²) in [4.78, 5) is 24.9. The zero-order valence-corrected chi connectivity index (χ0v) is 14.3. The normalized spacial score (nSPS) is 12.0. The number of anilines is 1. The van der Waals surface area contributed by atoms with Crippen LogP contribution in [0.2, 0.25) is 0 Å². The van der Waals surface area contributed by atoms with Crippen LogP contribution >= 0.6 is 0 Å². The van der Waals surface area contributed by atoms with Gasteiger partial charge < -0.3 is 10.6 Å². The Labute approximate surface area is 156 Å². The van der Waals surface area contributed by atoms with Gasteiger partial charge in [-0.15, -0.1) is 0 Å². The molecule has 0 bridgehead atoms. The second-order valence-corrected chi connectivity index (χ2v) is 6.21. The smallest absolute Gasteiger partial charge is 0.255 e. The van der Waals surface area contributed by atoms with Gasteiger partial charge in [0.05, 0.1) is 22.9 Å². The largest absolute Gasteiger partial charge is 0.348 e. The molecule has 3 aromatic rings. The molecule has 0 radical (unpaired) electrons. The van der Waals surface area contributed by atoms with Crippen molar-refractivity contribution in [3.8, 4) is 17.2 Å². The molecule has 1 aliphatic heterocycles. The molecule has 3 aromatic carbocycles. The van der Waals surface area contributed by atoms with Crippen LogP contribution in [0.4, 0.5) is 5.69 Å². The Kier molecular flexibility index (Phi) is 4.15. The predicted octanol–water partition coefficient (Wildman–Crippen LogP) is 3.72. The van der Waals surface area contributed by atoms with E-state index in [1.165, 1.54) is 0 Å². The van der Waals surface area contributed by atoms with E-state index in [1.807, 2.05) is 42.5 Å². The van der Waals surface area contributed by atoms with Crippen LogP contribution in [-0.2, 0) is 6.54 Å². The van der Waals surface area contributed by atoms with E-state index in [0.29, 0.717) is 28.9 Å². The SMILES string of the molecule is N#Cc1ccc(C(=O)Nc2ccc(-c3ccccc3)c3c2C(=O)NC3)cc1. The van der Waals surface area contributed by atoms with Gasteiger partial charge in [0.2, 0.25) is 0 Å². The van der Waals surface area contributed by atoms with E-state index in [1.54, 1.807) is 30.3 Å².